The summed E-state index contributed by atoms with van der Waals surface area (Å²) in [6.07, 6.45) is 0.345. The summed E-state index contributed by atoms with van der Waals surface area (Å²) in [5, 5.41) is 18.2. The average Bonchev–Trinajstić information content (AvgIpc) is 2.43. The summed E-state index contributed by atoms with van der Waals surface area (Å²) in [6, 6.07) is 6.78. The Hall–Kier alpha value is -2.27. The molecule has 0 amide bonds. The SMILES string of the molecule is CCC(=N)c1c(N)[nH]c(-c2ccccc2Cl)c(O)c1=O. The molecule has 1 aromatic heterocycles. The third kappa shape index (κ3) is 2.28. The van der Waals surface area contributed by atoms with Crippen molar-refractivity contribution in [2.24, 2.45) is 0 Å². The summed E-state index contributed by atoms with van der Waals surface area (Å²) >= 11 is 6.05. The van der Waals surface area contributed by atoms with Gasteiger partial charge in [-0.15, -0.1) is 0 Å². The largest absolute Gasteiger partial charge is 0.503 e. The number of hydrogen-bond acceptors (Lipinski definition) is 4. The van der Waals surface area contributed by atoms with E-state index in [1.54, 1.807) is 31.2 Å². The fraction of sp³-hybridized carbons (Fsp3) is 0.143. The Morgan fingerprint density at radius 2 is 2.10 bits per heavy atom. The number of aromatic hydroxyl groups is 1. The molecule has 0 bridgehead atoms. The highest BCUT2D eigenvalue weighted by atomic mass is 35.5. The van der Waals surface area contributed by atoms with Gasteiger partial charge in [-0.05, 0) is 12.5 Å². The highest BCUT2D eigenvalue weighted by molar-refractivity contribution is 6.33. The minimum absolute atomic E-state index is 0.000744. The fourth-order valence-electron chi connectivity index (χ4n) is 1.95. The van der Waals surface area contributed by atoms with E-state index >= 15 is 0 Å². The van der Waals surface area contributed by atoms with Crippen molar-refractivity contribution in [3.63, 3.8) is 0 Å². The molecule has 0 aliphatic carbocycles. The first-order valence-corrected chi connectivity index (χ1v) is 6.42. The van der Waals surface area contributed by atoms with E-state index in [0.29, 0.717) is 17.0 Å². The molecule has 0 atom stereocenters. The Balaban J connectivity index is 2.74. The van der Waals surface area contributed by atoms with Gasteiger partial charge >= 0.3 is 0 Å². The van der Waals surface area contributed by atoms with Crippen LogP contribution in [0.15, 0.2) is 29.1 Å². The number of nitrogen functional groups attached to an aromatic ring is 1. The predicted octanol–water partition coefficient (Wildman–Crippen LogP) is 2.76. The third-order valence-electron chi connectivity index (χ3n) is 3.01. The zero-order valence-electron chi connectivity index (χ0n) is 10.8. The number of rotatable bonds is 3. The molecule has 0 radical (unpaired) electrons. The van der Waals surface area contributed by atoms with E-state index in [-0.39, 0.29) is 22.8 Å². The molecule has 0 saturated carbocycles. The number of nitrogens with one attached hydrogen (secondary N) is 2. The van der Waals surface area contributed by atoms with Crippen LogP contribution in [0.2, 0.25) is 5.02 Å². The van der Waals surface area contributed by atoms with Gasteiger partial charge in [0.15, 0.2) is 5.75 Å². The van der Waals surface area contributed by atoms with Crippen LogP contribution in [0.4, 0.5) is 5.82 Å². The van der Waals surface area contributed by atoms with E-state index < -0.39 is 11.2 Å². The van der Waals surface area contributed by atoms with Gasteiger partial charge in [-0.1, -0.05) is 36.7 Å². The van der Waals surface area contributed by atoms with Crippen LogP contribution in [0.25, 0.3) is 11.3 Å². The van der Waals surface area contributed by atoms with Crippen LogP contribution in [0, 0.1) is 5.41 Å². The summed E-state index contributed by atoms with van der Waals surface area (Å²) in [5.41, 5.74) is 5.85. The van der Waals surface area contributed by atoms with Crippen LogP contribution in [0.1, 0.15) is 18.9 Å². The van der Waals surface area contributed by atoms with E-state index in [9.17, 15) is 9.90 Å². The van der Waals surface area contributed by atoms with E-state index in [4.69, 9.17) is 22.7 Å². The maximum atomic E-state index is 12.2. The number of nitrogens with two attached hydrogens (primary N) is 1. The number of anilines is 1. The van der Waals surface area contributed by atoms with Crippen LogP contribution < -0.4 is 11.2 Å². The van der Waals surface area contributed by atoms with Gasteiger partial charge in [0.05, 0.1) is 16.3 Å². The molecule has 0 aliphatic heterocycles. The molecule has 1 aromatic carbocycles. The van der Waals surface area contributed by atoms with E-state index in [1.807, 2.05) is 0 Å². The van der Waals surface area contributed by atoms with Crippen molar-refractivity contribution < 1.29 is 5.11 Å². The zero-order valence-corrected chi connectivity index (χ0v) is 11.6. The van der Waals surface area contributed by atoms with Crippen molar-refractivity contribution in [3.8, 4) is 17.0 Å². The van der Waals surface area contributed by atoms with Crippen molar-refractivity contribution in [3.05, 3.63) is 45.1 Å². The van der Waals surface area contributed by atoms with Crippen LogP contribution >= 0.6 is 11.6 Å². The first kappa shape index (κ1) is 14.1. The third-order valence-corrected chi connectivity index (χ3v) is 3.34. The lowest BCUT2D eigenvalue weighted by molar-refractivity contribution is 0.470. The van der Waals surface area contributed by atoms with Gasteiger partial charge < -0.3 is 21.2 Å². The molecule has 5 N–H and O–H groups in total. The average molecular weight is 292 g/mol. The van der Waals surface area contributed by atoms with Gasteiger partial charge in [0, 0.05) is 11.3 Å². The molecule has 0 spiro atoms. The Labute approximate surface area is 120 Å². The molecule has 0 aliphatic rings. The maximum Gasteiger partial charge on any atom is 0.234 e. The molecule has 0 saturated heterocycles. The normalized spacial score (nSPS) is 10.5. The van der Waals surface area contributed by atoms with Gasteiger partial charge in [0.1, 0.15) is 5.82 Å². The molecule has 1 heterocycles. The second-order valence-electron chi connectivity index (χ2n) is 4.28. The Kier molecular flexibility index (Phi) is 3.81. The Morgan fingerprint density at radius 3 is 2.70 bits per heavy atom. The molecule has 2 aromatic rings. The van der Waals surface area contributed by atoms with Gasteiger partial charge in [0.25, 0.3) is 0 Å². The van der Waals surface area contributed by atoms with Gasteiger partial charge in [-0.3, -0.25) is 4.79 Å². The zero-order chi connectivity index (χ0) is 14.9. The molecule has 0 fully saturated rings. The van der Waals surface area contributed by atoms with Crippen LogP contribution in [-0.2, 0) is 0 Å². The van der Waals surface area contributed by atoms with Crippen LogP contribution in [0.3, 0.4) is 0 Å². The first-order chi connectivity index (χ1) is 9.47. The van der Waals surface area contributed by atoms with E-state index in [2.05, 4.69) is 4.98 Å². The lowest BCUT2D eigenvalue weighted by Crippen LogP contribution is -2.19. The smallest absolute Gasteiger partial charge is 0.234 e. The number of H-pyrrole nitrogens is 1. The lowest BCUT2D eigenvalue weighted by Gasteiger charge is -2.11. The number of aromatic nitrogens is 1. The van der Waals surface area contributed by atoms with E-state index in [1.165, 1.54) is 0 Å². The van der Waals surface area contributed by atoms with Crippen LogP contribution in [-0.4, -0.2) is 15.8 Å². The summed E-state index contributed by atoms with van der Waals surface area (Å²) < 4.78 is 0. The number of benzene rings is 1. The second-order valence-corrected chi connectivity index (χ2v) is 4.69. The van der Waals surface area contributed by atoms with Gasteiger partial charge in [0.2, 0.25) is 5.43 Å². The summed E-state index contributed by atoms with van der Waals surface area (Å²) in [6.45, 7) is 1.74. The molecule has 104 valence electrons. The minimum Gasteiger partial charge on any atom is -0.503 e. The standard InChI is InChI=1S/C14H14ClN3O2/c1-2-9(16)10-12(19)13(20)11(18-14(10)17)7-5-3-4-6-8(7)15/h3-6,16,20H,2H2,1H3,(H3,17,18,19). The van der Waals surface area contributed by atoms with Crippen LogP contribution in [0.5, 0.6) is 5.75 Å². The Morgan fingerprint density at radius 1 is 1.45 bits per heavy atom. The minimum atomic E-state index is -0.664. The van der Waals surface area contributed by atoms with Crippen molar-refractivity contribution in [1.29, 1.82) is 5.41 Å². The Bertz CT molecular complexity index is 738. The highest BCUT2D eigenvalue weighted by Crippen LogP contribution is 2.31. The molecular formula is C14H14ClN3O2. The van der Waals surface area contributed by atoms with Crippen molar-refractivity contribution in [1.82, 2.24) is 4.98 Å². The van der Waals surface area contributed by atoms with Gasteiger partial charge in [-0.25, -0.2) is 0 Å². The van der Waals surface area contributed by atoms with Gasteiger partial charge in [-0.2, -0.15) is 0 Å². The monoisotopic (exact) mass is 291 g/mol. The maximum absolute atomic E-state index is 12.2. The predicted molar refractivity (Wildman–Crippen MR) is 80.7 cm³/mol. The van der Waals surface area contributed by atoms with Crippen molar-refractivity contribution >= 4 is 23.1 Å². The van der Waals surface area contributed by atoms with E-state index in [0.717, 1.165) is 0 Å². The lowest BCUT2D eigenvalue weighted by atomic mass is 10.0. The fourth-order valence-corrected chi connectivity index (χ4v) is 2.18. The quantitative estimate of drug-likeness (QED) is 0.654. The summed E-state index contributed by atoms with van der Waals surface area (Å²) in [7, 11) is 0. The summed E-state index contributed by atoms with van der Waals surface area (Å²) in [4.78, 5) is 14.9. The van der Waals surface area contributed by atoms with Crippen molar-refractivity contribution in [2.45, 2.75) is 13.3 Å². The molecule has 5 nitrogen and oxygen atoms in total. The number of halogens is 1. The number of hydrogen-bond donors (Lipinski definition) is 4. The molecule has 6 heteroatoms. The topological polar surface area (TPSA) is 103 Å². The molecular weight excluding hydrogens is 278 g/mol. The highest BCUT2D eigenvalue weighted by Gasteiger charge is 2.19. The molecule has 0 unspecified atom stereocenters. The molecule has 20 heavy (non-hydrogen) atoms. The number of pyridine rings is 1. The second kappa shape index (κ2) is 5.38. The first-order valence-electron chi connectivity index (χ1n) is 6.04. The molecule has 2 rings (SSSR count). The summed E-state index contributed by atoms with van der Waals surface area (Å²) in [5.74, 6) is -0.435. The van der Waals surface area contributed by atoms with Crippen molar-refractivity contribution in [2.75, 3.05) is 5.73 Å². The number of aromatic amines is 1.